The van der Waals surface area contributed by atoms with Crippen LogP contribution in [-0.4, -0.2) is 31.1 Å². The Labute approximate surface area is 172 Å². The minimum atomic E-state index is -0.599. The molecule has 1 atom stereocenters. The van der Waals surface area contributed by atoms with Gasteiger partial charge in [-0.2, -0.15) is 0 Å². The van der Waals surface area contributed by atoms with E-state index < -0.39 is 11.9 Å². The molecular formula is C21H24BrNO5. The number of dihydropyridines is 1. The van der Waals surface area contributed by atoms with Crippen LogP contribution in [0.1, 0.15) is 45.1 Å². The molecule has 150 valence electrons. The number of hydrogen-bond acceptors (Lipinski definition) is 6. The zero-order chi connectivity index (χ0) is 20.8. The second kappa shape index (κ2) is 7.28. The van der Waals surface area contributed by atoms with Crippen LogP contribution in [0.2, 0.25) is 0 Å². The SMILES string of the molecule is COC(=O)C1=C(C)NC2=C(C(=O)CC(C)(C)C2)[C@@H]1c1cc(Br)c(O)c(OC)c1. The summed E-state index contributed by atoms with van der Waals surface area (Å²) in [4.78, 5) is 25.8. The summed E-state index contributed by atoms with van der Waals surface area (Å²) in [6.07, 6.45) is 1.10. The van der Waals surface area contributed by atoms with Gasteiger partial charge in [0, 0.05) is 29.3 Å². The van der Waals surface area contributed by atoms with Gasteiger partial charge in [0.05, 0.1) is 24.3 Å². The number of ketones is 1. The Kier molecular flexibility index (Phi) is 5.32. The molecule has 2 N–H and O–H groups in total. The van der Waals surface area contributed by atoms with Crippen LogP contribution < -0.4 is 10.1 Å². The summed E-state index contributed by atoms with van der Waals surface area (Å²) in [5, 5.41) is 13.4. The van der Waals surface area contributed by atoms with Crippen LogP contribution in [-0.2, 0) is 14.3 Å². The summed E-state index contributed by atoms with van der Waals surface area (Å²) in [6.45, 7) is 5.92. The first kappa shape index (κ1) is 20.5. The van der Waals surface area contributed by atoms with Crippen molar-refractivity contribution in [2.24, 2.45) is 5.41 Å². The molecule has 0 spiro atoms. The second-order valence-electron chi connectivity index (χ2n) is 7.98. The molecule has 1 aromatic carbocycles. The van der Waals surface area contributed by atoms with Crippen LogP contribution >= 0.6 is 15.9 Å². The number of hydrogen-bond donors (Lipinski definition) is 2. The average molecular weight is 450 g/mol. The number of ether oxygens (including phenoxy) is 2. The lowest BCUT2D eigenvalue weighted by atomic mass is 9.68. The Morgan fingerprint density at radius 1 is 1.29 bits per heavy atom. The molecule has 28 heavy (non-hydrogen) atoms. The van der Waals surface area contributed by atoms with E-state index in [4.69, 9.17) is 9.47 Å². The van der Waals surface area contributed by atoms with Gasteiger partial charge in [-0.25, -0.2) is 4.79 Å². The van der Waals surface area contributed by atoms with Gasteiger partial charge in [0.15, 0.2) is 17.3 Å². The maximum absolute atomic E-state index is 13.1. The number of halogens is 1. The minimum Gasteiger partial charge on any atom is -0.503 e. The van der Waals surface area contributed by atoms with E-state index in [2.05, 4.69) is 35.1 Å². The van der Waals surface area contributed by atoms with E-state index in [0.29, 0.717) is 39.7 Å². The van der Waals surface area contributed by atoms with Gasteiger partial charge in [-0.15, -0.1) is 0 Å². The Morgan fingerprint density at radius 3 is 2.57 bits per heavy atom. The van der Waals surface area contributed by atoms with Gasteiger partial charge < -0.3 is 19.9 Å². The maximum Gasteiger partial charge on any atom is 0.336 e. The van der Waals surface area contributed by atoms with Crippen LogP contribution in [0.5, 0.6) is 11.5 Å². The average Bonchev–Trinajstić information content (AvgIpc) is 2.61. The van der Waals surface area contributed by atoms with Crippen molar-refractivity contribution < 1.29 is 24.2 Å². The van der Waals surface area contributed by atoms with Crippen LogP contribution in [0.15, 0.2) is 39.1 Å². The molecule has 7 heteroatoms. The van der Waals surface area contributed by atoms with E-state index in [0.717, 1.165) is 5.70 Å². The van der Waals surface area contributed by atoms with Gasteiger partial charge in [0.25, 0.3) is 0 Å². The van der Waals surface area contributed by atoms with Crippen molar-refractivity contribution in [3.63, 3.8) is 0 Å². The third-order valence-corrected chi connectivity index (χ3v) is 5.85. The van der Waals surface area contributed by atoms with E-state index in [9.17, 15) is 14.7 Å². The number of phenolic OH excluding ortho intramolecular Hbond substituents is 1. The summed E-state index contributed by atoms with van der Waals surface area (Å²) in [5.41, 5.74) is 2.95. The summed E-state index contributed by atoms with van der Waals surface area (Å²) in [5.74, 6) is -0.873. The van der Waals surface area contributed by atoms with Gasteiger partial charge in [0.2, 0.25) is 0 Å². The largest absolute Gasteiger partial charge is 0.503 e. The van der Waals surface area contributed by atoms with Gasteiger partial charge >= 0.3 is 5.97 Å². The van der Waals surface area contributed by atoms with Crippen molar-refractivity contribution in [2.75, 3.05) is 14.2 Å². The Hall–Kier alpha value is -2.28. The molecule has 1 heterocycles. The lowest BCUT2D eigenvalue weighted by Gasteiger charge is -2.39. The fraction of sp³-hybridized carbons (Fsp3) is 0.429. The van der Waals surface area contributed by atoms with Crippen molar-refractivity contribution in [2.45, 2.75) is 39.5 Å². The molecule has 6 nitrogen and oxygen atoms in total. The molecular weight excluding hydrogens is 426 g/mol. The first-order valence-electron chi connectivity index (χ1n) is 8.98. The van der Waals surface area contributed by atoms with Gasteiger partial charge in [-0.1, -0.05) is 13.8 Å². The third-order valence-electron chi connectivity index (χ3n) is 5.25. The minimum absolute atomic E-state index is 0.000757. The van der Waals surface area contributed by atoms with Crippen molar-refractivity contribution in [3.05, 3.63) is 44.7 Å². The molecule has 1 aliphatic heterocycles. The highest BCUT2D eigenvalue weighted by Crippen LogP contribution is 2.48. The summed E-state index contributed by atoms with van der Waals surface area (Å²) < 4.78 is 10.7. The highest BCUT2D eigenvalue weighted by Gasteiger charge is 2.43. The number of allylic oxidation sites excluding steroid dienone is 3. The molecule has 0 fully saturated rings. The Morgan fingerprint density at radius 2 is 1.96 bits per heavy atom. The lowest BCUT2D eigenvalue weighted by Crippen LogP contribution is -2.38. The van der Waals surface area contributed by atoms with Crippen molar-refractivity contribution >= 4 is 27.7 Å². The number of phenols is 1. The number of aromatic hydroxyl groups is 1. The number of esters is 1. The van der Waals surface area contributed by atoms with Gasteiger partial charge in [-0.3, -0.25) is 4.79 Å². The van der Waals surface area contributed by atoms with Crippen molar-refractivity contribution in [1.82, 2.24) is 5.32 Å². The van der Waals surface area contributed by atoms with Crippen molar-refractivity contribution in [1.29, 1.82) is 0 Å². The molecule has 1 aromatic rings. The first-order valence-corrected chi connectivity index (χ1v) is 9.77. The summed E-state index contributed by atoms with van der Waals surface area (Å²) in [7, 11) is 2.78. The number of Topliss-reactive ketones (excluding diaryl/α,β-unsaturated/α-hetero) is 1. The number of benzene rings is 1. The zero-order valence-electron chi connectivity index (χ0n) is 16.6. The number of rotatable bonds is 3. The monoisotopic (exact) mass is 449 g/mol. The van der Waals surface area contributed by atoms with E-state index in [1.807, 2.05) is 6.92 Å². The highest BCUT2D eigenvalue weighted by atomic mass is 79.9. The molecule has 0 amide bonds. The van der Waals surface area contributed by atoms with Gasteiger partial charge in [0.1, 0.15) is 0 Å². The second-order valence-corrected chi connectivity index (χ2v) is 8.83. The molecule has 0 saturated heterocycles. The fourth-order valence-electron chi connectivity index (χ4n) is 4.07. The molecule has 0 radical (unpaired) electrons. The summed E-state index contributed by atoms with van der Waals surface area (Å²) >= 11 is 3.34. The van der Waals surface area contributed by atoms with E-state index in [-0.39, 0.29) is 22.7 Å². The number of carbonyl (C=O) groups is 2. The van der Waals surface area contributed by atoms with Crippen LogP contribution in [0, 0.1) is 5.41 Å². The molecule has 0 saturated carbocycles. The summed E-state index contributed by atoms with van der Waals surface area (Å²) in [6, 6.07) is 3.37. The van der Waals surface area contributed by atoms with E-state index >= 15 is 0 Å². The van der Waals surface area contributed by atoms with E-state index in [1.54, 1.807) is 12.1 Å². The predicted molar refractivity (Wildman–Crippen MR) is 108 cm³/mol. The Bertz CT molecular complexity index is 929. The van der Waals surface area contributed by atoms with Crippen LogP contribution in [0.4, 0.5) is 0 Å². The number of nitrogens with one attached hydrogen (secondary N) is 1. The first-order chi connectivity index (χ1) is 13.1. The highest BCUT2D eigenvalue weighted by molar-refractivity contribution is 9.10. The molecule has 2 aliphatic rings. The lowest BCUT2D eigenvalue weighted by molar-refractivity contribution is -0.136. The number of carbonyl (C=O) groups excluding carboxylic acids is 2. The Balaban J connectivity index is 2.27. The van der Waals surface area contributed by atoms with Crippen LogP contribution in [0.25, 0.3) is 0 Å². The quantitative estimate of drug-likeness (QED) is 0.679. The molecule has 0 aromatic heterocycles. The van der Waals surface area contributed by atoms with Gasteiger partial charge in [-0.05, 0) is 52.4 Å². The molecule has 0 unspecified atom stereocenters. The smallest absolute Gasteiger partial charge is 0.336 e. The standard InChI is InChI=1S/C21H24BrNO5/c1-10-16(20(26)28-5)17(11-6-12(22)19(25)15(7-11)27-4)18-13(23-10)8-21(2,3)9-14(18)24/h6-7,17,23,25H,8-9H2,1-5H3/t17-/m1/s1. The topological polar surface area (TPSA) is 84.9 Å². The molecule has 0 bridgehead atoms. The van der Waals surface area contributed by atoms with Crippen molar-refractivity contribution in [3.8, 4) is 11.5 Å². The normalized spacial score (nSPS) is 21.2. The fourth-order valence-corrected chi connectivity index (χ4v) is 4.53. The van der Waals surface area contributed by atoms with E-state index in [1.165, 1.54) is 14.2 Å². The number of methoxy groups -OCH3 is 2. The van der Waals surface area contributed by atoms with Crippen LogP contribution in [0.3, 0.4) is 0 Å². The zero-order valence-corrected chi connectivity index (χ0v) is 18.2. The third kappa shape index (κ3) is 3.43. The maximum atomic E-state index is 13.1. The predicted octanol–water partition coefficient (Wildman–Crippen LogP) is 3.94. The molecule has 1 aliphatic carbocycles. The molecule has 3 rings (SSSR count).